The molecule has 1 heterocycles. The van der Waals surface area contributed by atoms with Crippen LogP contribution in [0, 0.1) is 16.7 Å². The Kier molecular flexibility index (Phi) is 12.2. The summed E-state index contributed by atoms with van der Waals surface area (Å²) in [7, 11) is 2.78. The Hall–Kier alpha value is -4.67. The first-order valence-electron chi connectivity index (χ1n) is 20.1. The van der Waals surface area contributed by atoms with Gasteiger partial charge in [0.2, 0.25) is 0 Å². The van der Waals surface area contributed by atoms with Crippen molar-refractivity contribution in [1.82, 2.24) is 5.32 Å². The average Bonchev–Trinajstić information content (AvgIpc) is 3.18. The van der Waals surface area contributed by atoms with Gasteiger partial charge in [-0.25, -0.2) is 14.4 Å². The Morgan fingerprint density at radius 2 is 1.55 bits per heavy atom. The number of methoxy groups -OCH3 is 2. The van der Waals surface area contributed by atoms with E-state index in [1.165, 1.54) is 21.1 Å². The first kappa shape index (κ1) is 44.9. The smallest absolute Gasteiger partial charge is 0.408 e. The number of hydrogen-bond donors (Lipinski definition) is 3. The normalized spacial score (nSPS) is 33.0. The highest BCUT2D eigenvalue weighted by molar-refractivity contribution is 5.94. The molecule has 15 nitrogen and oxygen atoms in total. The van der Waals surface area contributed by atoms with Crippen molar-refractivity contribution in [1.29, 1.82) is 0 Å². The van der Waals surface area contributed by atoms with Gasteiger partial charge < -0.3 is 48.7 Å². The van der Waals surface area contributed by atoms with Crippen molar-refractivity contribution in [3.05, 3.63) is 82.9 Å². The summed E-state index contributed by atoms with van der Waals surface area (Å²) < 4.78 is 42.4. The first-order chi connectivity index (χ1) is 28.1. The van der Waals surface area contributed by atoms with E-state index in [0.29, 0.717) is 11.1 Å². The molecule has 2 aromatic carbocycles. The van der Waals surface area contributed by atoms with Gasteiger partial charge in [-0.15, -0.1) is 0 Å². The molecule has 326 valence electrons. The molecule has 2 saturated carbocycles. The van der Waals surface area contributed by atoms with Crippen LogP contribution < -0.4 is 5.32 Å². The number of hydrogen-bond acceptors (Lipinski definition) is 14. The molecular weight excluding hydrogens is 778 g/mol. The van der Waals surface area contributed by atoms with Gasteiger partial charge in [0, 0.05) is 39.4 Å². The Morgan fingerprint density at radius 1 is 0.933 bits per heavy atom. The quantitative estimate of drug-likeness (QED) is 0.171. The SMILES string of the molecule is CO[C@@H]1C(=O)[C@]2(C)[C@H](OC)C[C@@H]3OC[C@]3(OC(C)=O)[C@@H]2[C@H](OC(=O)c2ccccc2)[C@@]2(O)C[C@H](OC(=O)[C@@H](O)[C@H](NC(=O)OC(C)(C)C)c3ccccc3)C(C)=C1C2(C)C. The number of esters is 3. The minimum atomic E-state index is -2.22. The maximum absolute atomic E-state index is 15.5. The monoisotopic (exact) mass is 835 g/mol. The predicted octanol–water partition coefficient (Wildman–Crippen LogP) is 4.57. The fraction of sp³-hybridized carbons (Fsp3) is 0.578. The summed E-state index contributed by atoms with van der Waals surface area (Å²) in [6.07, 6.45) is -9.31. The number of Topliss-reactive ketones (excluding diaryl/α,β-unsaturated/α-hetero) is 1. The number of aliphatic hydroxyl groups excluding tert-OH is 1. The van der Waals surface area contributed by atoms with E-state index < -0.39 is 112 Å². The molecule has 1 saturated heterocycles. The maximum atomic E-state index is 15.5. The van der Waals surface area contributed by atoms with Gasteiger partial charge in [0.05, 0.1) is 35.6 Å². The molecule has 6 rings (SSSR count). The molecule has 0 unspecified atom stereocenters. The Morgan fingerprint density at radius 3 is 2.08 bits per heavy atom. The van der Waals surface area contributed by atoms with E-state index in [4.69, 9.17) is 33.2 Å². The summed E-state index contributed by atoms with van der Waals surface area (Å²) in [6, 6.07) is 15.1. The van der Waals surface area contributed by atoms with E-state index in [1.807, 2.05) is 0 Å². The third-order valence-corrected chi connectivity index (χ3v) is 13.0. The molecule has 11 atom stereocenters. The number of carbonyl (C=O) groups is 5. The largest absolute Gasteiger partial charge is 0.456 e. The first-order valence-corrected chi connectivity index (χ1v) is 20.1. The minimum absolute atomic E-state index is 0.121. The highest BCUT2D eigenvalue weighted by Gasteiger charge is 2.78. The number of fused-ring (bicyclic) bond motifs is 5. The van der Waals surface area contributed by atoms with Crippen LogP contribution in [-0.2, 0) is 47.5 Å². The molecule has 0 radical (unpaired) electrons. The number of ether oxygens (including phenoxy) is 7. The van der Waals surface area contributed by atoms with Crippen molar-refractivity contribution in [3.63, 3.8) is 0 Å². The predicted molar refractivity (Wildman–Crippen MR) is 213 cm³/mol. The molecule has 3 N–H and O–H groups in total. The highest BCUT2D eigenvalue weighted by Crippen LogP contribution is 2.64. The number of alkyl carbamates (subject to hydrolysis) is 1. The van der Waals surface area contributed by atoms with Crippen molar-refractivity contribution in [2.75, 3.05) is 20.8 Å². The molecule has 15 heteroatoms. The zero-order valence-corrected chi connectivity index (χ0v) is 35.8. The lowest BCUT2D eigenvalue weighted by Gasteiger charge is -2.67. The van der Waals surface area contributed by atoms with E-state index in [-0.39, 0.29) is 24.2 Å². The van der Waals surface area contributed by atoms with Crippen molar-refractivity contribution < 1.29 is 67.3 Å². The van der Waals surface area contributed by atoms with E-state index in [0.717, 1.165) is 0 Å². The Balaban J connectivity index is 1.52. The summed E-state index contributed by atoms with van der Waals surface area (Å²) >= 11 is 0. The van der Waals surface area contributed by atoms with Crippen LogP contribution >= 0.6 is 0 Å². The van der Waals surface area contributed by atoms with Crippen molar-refractivity contribution >= 4 is 29.8 Å². The fourth-order valence-corrected chi connectivity index (χ4v) is 10.1. The lowest BCUT2D eigenvalue weighted by molar-refractivity contribution is -0.347. The number of rotatable bonds is 10. The van der Waals surface area contributed by atoms with Gasteiger partial charge in [-0.1, -0.05) is 62.4 Å². The van der Waals surface area contributed by atoms with Crippen LogP contribution in [0.2, 0.25) is 0 Å². The molecule has 1 aliphatic heterocycles. The van der Waals surface area contributed by atoms with Crippen LogP contribution in [0.3, 0.4) is 0 Å². The maximum Gasteiger partial charge on any atom is 0.408 e. The second-order valence-corrected chi connectivity index (χ2v) is 18.0. The molecular formula is C45H57NO14. The minimum Gasteiger partial charge on any atom is -0.456 e. The number of benzene rings is 2. The summed E-state index contributed by atoms with van der Waals surface area (Å²) in [4.78, 5) is 70.1. The Labute approximate surface area is 350 Å². The van der Waals surface area contributed by atoms with Crippen molar-refractivity contribution in [3.8, 4) is 0 Å². The van der Waals surface area contributed by atoms with E-state index in [1.54, 1.807) is 109 Å². The average molecular weight is 836 g/mol. The number of nitrogens with one attached hydrogen (secondary N) is 1. The van der Waals surface area contributed by atoms with Gasteiger partial charge in [0.25, 0.3) is 0 Å². The topological polar surface area (TPSA) is 202 Å². The fourth-order valence-electron chi connectivity index (χ4n) is 10.1. The van der Waals surface area contributed by atoms with Crippen molar-refractivity contribution in [2.45, 2.75) is 128 Å². The van der Waals surface area contributed by atoms with E-state index in [2.05, 4.69) is 5.32 Å². The molecule has 60 heavy (non-hydrogen) atoms. The zero-order valence-electron chi connectivity index (χ0n) is 35.8. The summed E-state index contributed by atoms with van der Waals surface area (Å²) in [5.74, 6) is -4.52. The van der Waals surface area contributed by atoms with Crippen molar-refractivity contribution in [2.24, 2.45) is 16.7 Å². The van der Waals surface area contributed by atoms with Gasteiger partial charge in [0.1, 0.15) is 35.6 Å². The van der Waals surface area contributed by atoms with E-state index >= 15 is 4.79 Å². The second kappa shape index (κ2) is 16.3. The molecule has 3 aliphatic carbocycles. The lowest BCUT2D eigenvalue weighted by Crippen LogP contribution is -2.82. The van der Waals surface area contributed by atoms with E-state index in [9.17, 15) is 29.4 Å². The van der Waals surface area contributed by atoms with Gasteiger partial charge in [-0.3, -0.25) is 9.59 Å². The molecule has 1 amide bonds. The van der Waals surface area contributed by atoms with Gasteiger partial charge in [0.15, 0.2) is 17.5 Å². The van der Waals surface area contributed by atoms with Crippen LogP contribution in [0.15, 0.2) is 71.8 Å². The summed E-state index contributed by atoms with van der Waals surface area (Å²) in [6.45, 7) is 12.7. The third-order valence-electron chi connectivity index (χ3n) is 13.0. The summed E-state index contributed by atoms with van der Waals surface area (Å²) in [5.41, 5.74) is -6.72. The van der Waals surface area contributed by atoms with Crippen LogP contribution in [0.5, 0.6) is 0 Å². The lowest BCUT2D eigenvalue weighted by atomic mass is 9.44. The second-order valence-electron chi connectivity index (χ2n) is 18.0. The van der Waals surface area contributed by atoms with Crippen LogP contribution in [0.1, 0.15) is 90.2 Å². The number of ketones is 1. The van der Waals surface area contributed by atoms with Gasteiger partial charge in [-0.05, 0) is 63.5 Å². The van der Waals surface area contributed by atoms with Crippen LogP contribution in [0.25, 0.3) is 0 Å². The number of amides is 1. The standard InChI is InChI=1S/C45H57NO14/c1-24-28(57-39(51)33(48)32(26-17-13-11-14-18-26)46-40(52)60-41(3,4)5)22-45(53)37(58-38(50)27-19-15-12-16-20-27)35-43(8,36(49)34(55-10)31(24)42(45,6)7)29(54-9)21-30-44(35,23-56-30)59-25(2)47/h11-20,28-30,32-35,37,48,53H,21-23H2,1-10H3,(H,46,52)/t28-,29+,30-,32+,33-,34-,35+,37-,43+,44+,45-/m0/s1. The van der Waals surface area contributed by atoms with Crippen LogP contribution in [0.4, 0.5) is 4.79 Å². The number of aliphatic hydroxyl groups is 2. The Bertz CT molecular complexity index is 2010. The third kappa shape index (κ3) is 7.52. The number of carbonyl (C=O) groups excluding carboxylic acids is 5. The highest BCUT2D eigenvalue weighted by atomic mass is 16.6. The molecule has 2 bridgehead atoms. The molecule has 3 fully saturated rings. The molecule has 4 aliphatic rings. The van der Waals surface area contributed by atoms with Crippen LogP contribution in [-0.4, -0.2) is 114 Å². The molecule has 0 aromatic heterocycles. The van der Waals surface area contributed by atoms with Gasteiger partial charge in [-0.2, -0.15) is 0 Å². The van der Waals surface area contributed by atoms with Gasteiger partial charge >= 0.3 is 24.0 Å². The molecule has 2 aromatic rings. The zero-order chi connectivity index (χ0) is 44.2. The molecule has 0 spiro atoms. The summed E-state index contributed by atoms with van der Waals surface area (Å²) in [5, 5.41) is 28.0.